The largest absolute Gasteiger partial charge is 0.349 e. The molecule has 0 aliphatic carbocycles. The van der Waals surface area contributed by atoms with Crippen LogP contribution in [0.2, 0.25) is 0 Å². The normalized spacial score (nSPS) is 12.8. The molecule has 0 aliphatic rings. The lowest BCUT2D eigenvalue weighted by molar-refractivity contribution is -0.118. The average molecular weight is 167 g/mol. The number of likely N-dealkylation sites (N-methyl/N-ethyl adjacent to an activating group) is 1. The fraction of sp³-hybridized carbons (Fsp3) is 0.500. The highest BCUT2D eigenvalue weighted by Gasteiger charge is 2.12. The van der Waals surface area contributed by atoms with Crippen molar-refractivity contribution in [2.45, 2.75) is 19.4 Å². The molecule has 0 aliphatic heterocycles. The van der Waals surface area contributed by atoms with Gasteiger partial charge in [0.25, 0.3) is 0 Å². The Hall–Kier alpha value is -1.16. The summed E-state index contributed by atoms with van der Waals surface area (Å²) in [6.07, 6.45) is 4.06. The summed E-state index contributed by atoms with van der Waals surface area (Å²) in [4.78, 5) is 18.0. The number of ketones is 1. The van der Waals surface area contributed by atoms with Crippen LogP contribution in [-0.2, 0) is 11.2 Å². The maximum atomic E-state index is 11.0. The number of hydrogen-bond acceptors (Lipinski definition) is 3. The number of rotatable bonds is 4. The van der Waals surface area contributed by atoms with Gasteiger partial charge in [-0.15, -0.1) is 0 Å². The van der Waals surface area contributed by atoms with Crippen molar-refractivity contribution >= 4 is 5.78 Å². The second kappa shape index (κ2) is 4.01. The van der Waals surface area contributed by atoms with Gasteiger partial charge in [-0.1, -0.05) is 0 Å². The summed E-state index contributed by atoms with van der Waals surface area (Å²) in [6.45, 7) is 1.57. The molecule has 1 heterocycles. The summed E-state index contributed by atoms with van der Waals surface area (Å²) in [5.74, 6) is 0.971. The quantitative estimate of drug-likeness (QED) is 0.670. The van der Waals surface area contributed by atoms with E-state index in [-0.39, 0.29) is 11.8 Å². The van der Waals surface area contributed by atoms with Crippen molar-refractivity contribution in [2.75, 3.05) is 7.05 Å². The number of nitrogens with zero attached hydrogens (tertiary/aromatic N) is 1. The summed E-state index contributed by atoms with van der Waals surface area (Å²) >= 11 is 0. The van der Waals surface area contributed by atoms with Gasteiger partial charge < -0.3 is 10.3 Å². The zero-order valence-corrected chi connectivity index (χ0v) is 7.29. The van der Waals surface area contributed by atoms with Crippen molar-refractivity contribution in [3.8, 4) is 0 Å². The molecule has 4 heteroatoms. The van der Waals surface area contributed by atoms with Crippen LogP contribution in [0.15, 0.2) is 12.4 Å². The molecular weight excluding hydrogens is 154 g/mol. The number of carbonyl (C=O) groups excluding carboxylic acids is 1. The van der Waals surface area contributed by atoms with Crippen molar-refractivity contribution in [1.82, 2.24) is 15.3 Å². The SMILES string of the molecule is CN[C@@H](Cc1ncc[nH]1)C(C)=O. The minimum atomic E-state index is -0.129. The average Bonchev–Trinajstić information content (AvgIpc) is 2.51. The summed E-state index contributed by atoms with van der Waals surface area (Å²) in [5.41, 5.74) is 0. The number of carbonyl (C=O) groups is 1. The number of Topliss-reactive ketones (excluding diaryl/α,β-unsaturated/α-hetero) is 1. The first-order chi connectivity index (χ1) is 5.74. The van der Waals surface area contributed by atoms with Gasteiger partial charge in [-0.25, -0.2) is 4.98 Å². The molecule has 12 heavy (non-hydrogen) atoms. The van der Waals surface area contributed by atoms with E-state index in [0.29, 0.717) is 6.42 Å². The fourth-order valence-electron chi connectivity index (χ4n) is 1.05. The number of H-pyrrole nitrogens is 1. The van der Waals surface area contributed by atoms with Crippen LogP contribution in [0.5, 0.6) is 0 Å². The minimum Gasteiger partial charge on any atom is -0.349 e. The van der Waals surface area contributed by atoms with E-state index < -0.39 is 0 Å². The number of hydrogen-bond donors (Lipinski definition) is 2. The summed E-state index contributed by atoms with van der Waals surface area (Å²) < 4.78 is 0. The zero-order valence-electron chi connectivity index (χ0n) is 7.29. The van der Waals surface area contributed by atoms with Crippen LogP contribution in [0.3, 0.4) is 0 Å². The lowest BCUT2D eigenvalue weighted by Crippen LogP contribution is -2.34. The Kier molecular flexibility index (Phi) is 2.99. The monoisotopic (exact) mass is 167 g/mol. The Morgan fingerprint density at radius 1 is 1.83 bits per heavy atom. The molecule has 1 atom stereocenters. The van der Waals surface area contributed by atoms with Crippen LogP contribution in [0.4, 0.5) is 0 Å². The molecule has 0 radical (unpaired) electrons. The molecule has 66 valence electrons. The van der Waals surface area contributed by atoms with Crippen molar-refractivity contribution in [1.29, 1.82) is 0 Å². The highest BCUT2D eigenvalue weighted by molar-refractivity contribution is 5.81. The third kappa shape index (κ3) is 2.17. The molecule has 0 unspecified atom stereocenters. The van der Waals surface area contributed by atoms with E-state index in [4.69, 9.17) is 0 Å². The number of aromatic nitrogens is 2. The Morgan fingerprint density at radius 2 is 2.58 bits per heavy atom. The second-order valence-electron chi connectivity index (χ2n) is 2.69. The molecule has 0 spiro atoms. The van der Waals surface area contributed by atoms with Crippen molar-refractivity contribution < 1.29 is 4.79 Å². The first-order valence-electron chi connectivity index (χ1n) is 3.90. The molecule has 0 aromatic carbocycles. The van der Waals surface area contributed by atoms with Crippen LogP contribution >= 0.6 is 0 Å². The molecule has 2 N–H and O–H groups in total. The Bertz CT molecular complexity index is 243. The number of nitrogens with one attached hydrogen (secondary N) is 2. The third-order valence-corrected chi connectivity index (χ3v) is 1.79. The standard InChI is InChI=1S/C8H13N3O/c1-6(12)7(9-2)5-8-10-3-4-11-8/h3-4,7,9H,5H2,1-2H3,(H,10,11)/t7-/m0/s1. The van der Waals surface area contributed by atoms with E-state index >= 15 is 0 Å². The second-order valence-corrected chi connectivity index (χ2v) is 2.69. The van der Waals surface area contributed by atoms with E-state index in [2.05, 4.69) is 15.3 Å². The Labute approximate surface area is 71.4 Å². The number of aromatic amines is 1. The van der Waals surface area contributed by atoms with Gasteiger partial charge in [0.15, 0.2) is 0 Å². The summed E-state index contributed by atoms with van der Waals surface area (Å²) in [6, 6.07) is -0.129. The van der Waals surface area contributed by atoms with Crippen molar-refractivity contribution in [3.63, 3.8) is 0 Å². The lowest BCUT2D eigenvalue weighted by Gasteiger charge is -2.09. The molecule has 1 aromatic heterocycles. The molecule has 4 nitrogen and oxygen atoms in total. The predicted octanol–water partition coefficient (Wildman–Crippen LogP) is 0.129. The van der Waals surface area contributed by atoms with E-state index in [0.717, 1.165) is 5.82 Å². The first kappa shape index (κ1) is 8.93. The van der Waals surface area contributed by atoms with Gasteiger partial charge in [0, 0.05) is 18.8 Å². The van der Waals surface area contributed by atoms with Crippen LogP contribution in [0.1, 0.15) is 12.7 Å². The molecule has 0 fully saturated rings. The summed E-state index contributed by atoms with van der Waals surface area (Å²) in [5, 5.41) is 2.93. The molecule has 1 aromatic rings. The van der Waals surface area contributed by atoms with E-state index in [1.807, 2.05) is 0 Å². The molecule has 0 amide bonds. The van der Waals surface area contributed by atoms with Gasteiger partial charge in [-0.05, 0) is 14.0 Å². The smallest absolute Gasteiger partial charge is 0.147 e. The van der Waals surface area contributed by atoms with Gasteiger partial charge in [-0.2, -0.15) is 0 Å². The topological polar surface area (TPSA) is 57.8 Å². The van der Waals surface area contributed by atoms with Crippen molar-refractivity contribution in [2.24, 2.45) is 0 Å². The molecule has 1 rings (SSSR count). The zero-order chi connectivity index (χ0) is 8.97. The molecular formula is C8H13N3O. The molecule has 0 saturated heterocycles. The van der Waals surface area contributed by atoms with Crippen LogP contribution in [0, 0.1) is 0 Å². The maximum absolute atomic E-state index is 11.0. The predicted molar refractivity (Wildman–Crippen MR) is 45.8 cm³/mol. The Morgan fingerprint density at radius 3 is 3.00 bits per heavy atom. The van der Waals surface area contributed by atoms with Gasteiger partial charge in [0.2, 0.25) is 0 Å². The first-order valence-corrected chi connectivity index (χ1v) is 3.90. The van der Waals surface area contributed by atoms with Gasteiger partial charge in [0.1, 0.15) is 11.6 Å². The third-order valence-electron chi connectivity index (χ3n) is 1.79. The highest BCUT2D eigenvalue weighted by Crippen LogP contribution is 1.96. The maximum Gasteiger partial charge on any atom is 0.147 e. The van der Waals surface area contributed by atoms with E-state index in [1.165, 1.54) is 0 Å². The lowest BCUT2D eigenvalue weighted by atomic mass is 10.1. The van der Waals surface area contributed by atoms with Gasteiger partial charge >= 0.3 is 0 Å². The molecule has 0 saturated carbocycles. The van der Waals surface area contributed by atoms with Crippen LogP contribution in [0.25, 0.3) is 0 Å². The minimum absolute atomic E-state index is 0.129. The van der Waals surface area contributed by atoms with E-state index in [9.17, 15) is 4.79 Å². The van der Waals surface area contributed by atoms with Crippen molar-refractivity contribution in [3.05, 3.63) is 18.2 Å². The van der Waals surface area contributed by atoms with Gasteiger partial charge in [-0.3, -0.25) is 4.79 Å². The van der Waals surface area contributed by atoms with Gasteiger partial charge in [0.05, 0.1) is 6.04 Å². The van der Waals surface area contributed by atoms with Crippen LogP contribution in [-0.4, -0.2) is 28.8 Å². The van der Waals surface area contributed by atoms with Crippen LogP contribution < -0.4 is 5.32 Å². The summed E-state index contributed by atoms with van der Waals surface area (Å²) in [7, 11) is 1.77. The Balaban J connectivity index is 2.54. The number of imidazole rings is 1. The van der Waals surface area contributed by atoms with E-state index in [1.54, 1.807) is 26.4 Å². The highest BCUT2D eigenvalue weighted by atomic mass is 16.1. The fourth-order valence-corrected chi connectivity index (χ4v) is 1.05. The molecule has 0 bridgehead atoms.